The molecule has 3 heterocycles. The normalized spacial score (nSPS) is 33.4. The van der Waals surface area contributed by atoms with Crippen LogP contribution in [0.1, 0.15) is 173 Å². The monoisotopic (exact) mass is 1150 g/mol. The second kappa shape index (κ2) is 21.8. The van der Waals surface area contributed by atoms with E-state index in [9.17, 15) is 14.4 Å². The minimum Gasteiger partial charge on any atom is -0.381 e. The van der Waals surface area contributed by atoms with Crippen LogP contribution in [0, 0.1) is 69.5 Å². The Morgan fingerprint density at radius 1 is 0.424 bits per heavy atom. The molecule has 3 amide bonds. The number of likely N-dealkylation sites (N-methyl/N-ethyl adjacent to an activating group) is 3. The molecule has 0 bridgehead atoms. The van der Waals surface area contributed by atoms with Gasteiger partial charge in [-0.05, 0) is 205 Å². The first-order valence-electron chi connectivity index (χ1n) is 30.9. The Morgan fingerprint density at radius 3 is 0.871 bits per heavy atom. The lowest BCUT2D eigenvalue weighted by atomic mass is 9.61. The van der Waals surface area contributed by atoms with E-state index in [0.29, 0.717) is 35.6 Å². The number of ether oxygens (including phenoxy) is 3. The highest BCUT2D eigenvalue weighted by Crippen LogP contribution is 2.65. The van der Waals surface area contributed by atoms with Crippen molar-refractivity contribution in [1.82, 2.24) is 14.7 Å². The number of rotatable bonds is 3. The van der Waals surface area contributed by atoms with E-state index in [2.05, 4.69) is 90.1 Å². The molecular weight excluding hydrogens is 1060 g/mol. The van der Waals surface area contributed by atoms with Crippen LogP contribution in [0.5, 0.6) is 0 Å². The summed E-state index contributed by atoms with van der Waals surface area (Å²) in [6, 6.07) is 19.1. The molecule has 6 saturated carbocycles. The van der Waals surface area contributed by atoms with Crippen LogP contribution >= 0.6 is 0 Å². The lowest BCUT2D eigenvalue weighted by Gasteiger charge is -2.45. The Bertz CT molecular complexity index is 3150. The summed E-state index contributed by atoms with van der Waals surface area (Å²) in [4.78, 5) is 60.0. The molecule has 1 unspecified atom stereocenters. The van der Waals surface area contributed by atoms with E-state index in [4.69, 9.17) is 46.4 Å². The number of guanidine groups is 3. The van der Waals surface area contributed by atoms with Crippen molar-refractivity contribution in [3.63, 3.8) is 0 Å². The third kappa shape index (κ3) is 9.38. The van der Waals surface area contributed by atoms with Gasteiger partial charge in [0.25, 0.3) is 17.7 Å². The van der Waals surface area contributed by atoms with Gasteiger partial charge in [0.15, 0.2) is 34.5 Å². The molecule has 6 fully saturated rings. The fourth-order valence-corrected chi connectivity index (χ4v) is 16.3. The minimum absolute atomic E-state index is 0. The highest BCUT2D eigenvalue weighted by Gasteiger charge is 2.69. The number of methoxy groups -OCH3 is 3. The zero-order valence-electron chi connectivity index (χ0n) is 49.9. The summed E-state index contributed by atoms with van der Waals surface area (Å²) in [5, 5.41) is 0. The molecule has 3 aromatic rings. The molecule has 85 heavy (non-hydrogen) atoms. The predicted molar refractivity (Wildman–Crippen MR) is 329 cm³/mol. The third-order valence-corrected chi connectivity index (χ3v) is 21.8. The van der Waals surface area contributed by atoms with E-state index in [1.54, 1.807) is 42.5 Å². The van der Waals surface area contributed by atoms with Gasteiger partial charge < -0.3 is 31.4 Å². The number of hydrogen-bond donors (Lipinski definition) is 3. The third-order valence-electron chi connectivity index (χ3n) is 21.8. The topological polar surface area (TPSA) is 204 Å². The molecular formula is C70H85N9O6. The SMILES string of the molecule is C.COC1CCC2(CC1)Cc1ccc(C#CC3CC3)cc1C21N=C(N)N(C)C1=O.COC1CCC2(CC1)Cc1ccc(C#CC3CC3)cc1[C@@]21N=C(N)N(C)C1=O.COC1CCC2(CC1)Cc1ccc(C#CC3CC3)cc1[C@]21N=C(N)N(C)C1=O. The number of fused-ring (bicyclic) bond motifs is 9. The van der Waals surface area contributed by atoms with Crippen LogP contribution < -0.4 is 17.2 Å². The Morgan fingerprint density at radius 2 is 0.671 bits per heavy atom. The van der Waals surface area contributed by atoms with E-state index in [-0.39, 0.29) is 59.7 Å². The summed E-state index contributed by atoms with van der Waals surface area (Å²) in [6.45, 7) is 0. The molecule has 15 rings (SSSR count). The molecule has 446 valence electrons. The van der Waals surface area contributed by atoms with Gasteiger partial charge in [0.2, 0.25) is 0 Å². The summed E-state index contributed by atoms with van der Waals surface area (Å²) < 4.78 is 16.8. The smallest absolute Gasteiger partial charge is 0.262 e. The molecule has 3 aliphatic heterocycles. The highest BCUT2D eigenvalue weighted by atomic mass is 16.5. The van der Waals surface area contributed by atoms with Gasteiger partial charge in [-0.25, -0.2) is 15.0 Å². The molecule has 6 spiro atoms. The van der Waals surface area contributed by atoms with Crippen molar-refractivity contribution in [2.45, 2.75) is 177 Å². The zero-order valence-corrected chi connectivity index (χ0v) is 49.9. The molecule has 0 aromatic heterocycles. The lowest BCUT2D eigenvalue weighted by molar-refractivity contribution is -0.138. The van der Waals surface area contributed by atoms with Crippen LogP contribution in [0.25, 0.3) is 0 Å². The van der Waals surface area contributed by atoms with Crippen molar-refractivity contribution in [2.75, 3.05) is 42.5 Å². The van der Waals surface area contributed by atoms with Crippen LogP contribution in [0.4, 0.5) is 0 Å². The van der Waals surface area contributed by atoms with Crippen LogP contribution in [-0.2, 0) is 64.5 Å². The van der Waals surface area contributed by atoms with Gasteiger partial charge in [-0.15, -0.1) is 0 Å². The molecule has 12 aliphatic rings. The van der Waals surface area contributed by atoms with E-state index in [1.165, 1.54) is 69.9 Å². The predicted octanol–water partition coefficient (Wildman–Crippen LogP) is 8.32. The van der Waals surface area contributed by atoms with Crippen molar-refractivity contribution in [1.29, 1.82) is 0 Å². The molecule has 15 heteroatoms. The fraction of sp³-hybridized carbons (Fsp3) is 0.571. The second-order valence-electron chi connectivity index (χ2n) is 26.6. The number of carbonyl (C=O) groups is 3. The van der Waals surface area contributed by atoms with Crippen molar-refractivity contribution in [3.8, 4) is 35.5 Å². The van der Waals surface area contributed by atoms with E-state index in [1.807, 2.05) is 0 Å². The van der Waals surface area contributed by atoms with Gasteiger partial charge in [0, 0.05) is 93.2 Å². The highest BCUT2D eigenvalue weighted by molar-refractivity contribution is 6.10. The number of hydrogen-bond acceptors (Lipinski definition) is 12. The standard InChI is InChI=1S/3C23H27N3O2.CH4/c3*1-26-20(27)23(25-21(26)24)19-13-16(6-5-15-3-4-15)7-8-17(19)14-22(23)11-9-18(28-2)10-12-22;/h3*7-8,13,15,18H,3-4,9-12,14H2,1-2H3,(H2,24,25);1H4/t2*18?,22?,23-;;/m10../s1. The van der Waals surface area contributed by atoms with Gasteiger partial charge in [-0.1, -0.05) is 61.1 Å². The van der Waals surface area contributed by atoms with Crippen LogP contribution in [0.3, 0.4) is 0 Å². The van der Waals surface area contributed by atoms with Gasteiger partial charge >= 0.3 is 0 Å². The minimum atomic E-state index is -0.906. The van der Waals surface area contributed by atoms with E-state index < -0.39 is 16.6 Å². The number of carbonyl (C=O) groups excluding carboxylic acids is 3. The van der Waals surface area contributed by atoms with Crippen LogP contribution in [0.15, 0.2) is 69.6 Å². The maximum absolute atomic E-state index is 13.6. The van der Waals surface area contributed by atoms with Gasteiger partial charge in [0.1, 0.15) is 0 Å². The first-order chi connectivity index (χ1) is 40.5. The molecule has 9 aliphatic carbocycles. The molecule has 3 atom stereocenters. The summed E-state index contributed by atoms with van der Waals surface area (Å²) in [6.07, 6.45) is 21.8. The van der Waals surface area contributed by atoms with Crippen molar-refractivity contribution in [2.24, 2.45) is 66.2 Å². The summed E-state index contributed by atoms with van der Waals surface area (Å²) >= 11 is 0. The molecule has 0 saturated heterocycles. The fourth-order valence-electron chi connectivity index (χ4n) is 16.3. The van der Waals surface area contributed by atoms with Gasteiger partial charge in [-0.2, -0.15) is 0 Å². The quantitative estimate of drug-likeness (QED) is 0.216. The zero-order chi connectivity index (χ0) is 58.6. The van der Waals surface area contributed by atoms with Crippen LogP contribution in [-0.4, -0.2) is 111 Å². The van der Waals surface area contributed by atoms with Crippen molar-refractivity contribution >= 4 is 35.6 Å². The van der Waals surface area contributed by atoms with Crippen molar-refractivity contribution < 1.29 is 28.6 Å². The first kappa shape index (κ1) is 58.4. The van der Waals surface area contributed by atoms with Gasteiger partial charge in [0.05, 0.1) is 18.3 Å². The van der Waals surface area contributed by atoms with E-state index >= 15 is 0 Å². The Balaban J connectivity index is 0.000000124. The first-order valence-corrected chi connectivity index (χ1v) is 30.9. The lowest BCUT2D eigenvalue weighted by Crippen LogP contribution is -2.51. The average molecular weight is 1150 g/mol. The number of amides is 3. The van der Waals surface area contributed by atoms with Gasteiger partial charge in [-0.3, -0.25) is 29.1 Å². The maximum Gasteiger partial charge on any atom is 0.262 e. The average Bonchev–Trinajstić information content (AvgIpc) is 1.59. The maximum atomic E-state index is 13.6. The number of aliphatic imine (C=N–C) groups is 3. The van der Waals surface area contributed by atoms with Crippen LogP contribution in [0.2, 0.25) is 0 Å². The largest absolute Gasteiger partial charge is 0.381 e. The Labute approximate surface area is 502 Å². The summed E-state index contributed by atoms with van der Waals surface area (Å²) in [5.41, 5.74) is 24.8. The second-order valence-corrected chi connectivity index (χ2v) is 26.6. The Kier molecular flexibility index (Phi) is 15.0. The van der Waals surface area contributed by atoms with E-state index in [0.717, 1.165) is 130 Å². The molecule has 0 radical (unpaired) electrons. The molecule has 3 aromatic carbocycles. The Hall–Kier alpha value is -6.96. The molecule has 15 nitrogen and oxygen atoms in total. The van der Waals surface area contributed by atoms with Crippen molar-refractivity contribution in [3.05, 3.63) is 105 Å². The molecule has 6 N–H and O–H groups in total. The summed E-state index contributed by atoms with van der Waals surface area (Å²) in [5.74, 6) is 22.6. The number of nitrogens with zero attached hydrogens (tertiary/aromatic N) is 6. The summed E-state index contributed by atoms with van der Waals surface area (Å²) in [7, 11) is 10.5. The number of benzene rings is 3. The number of nitrogens with two attached hydrogens (primary N) is 3.